The number of hydrogen-bond acceptors (Lipinski definition) is 4. The molecule has 0 aromatic heterocycles. The summed E-state index contributed by atoms with van der Waals surface area (Å²) in [5.74, 6) is 4.16. The average Bonchev–Trinajstić information content (AvgIpc) is 2.44. The fraction of sp³-hybridized carbons (Fsp3) is 0.571. The van der Waals surface area contributed by atoms with Gasteiger partial charge < -0.3 is 10.4 Å². The minimum atomic E-state index is 0.227. The van der Waals surface area contributed by atoms with Gasteiger partial charge in [-0.05, 0) is 24.6 Å². The van der Waals surface area contributed by atoms with Gasteiger partial charge in [-0.2, -0.15) is 23.5 Å². The first kappa shape index (κ1) is 15.5. The Morgan fingerprint density at radius 2 is 2.32 bits per heavy atom. The summed E-state index contributed by atoms with van der Waals surface area (Å²) in [6, 6.07) is 5.87. The van der Waals surface area contributed by atoms with E-state index in [1.165, 1.54) is 17.3 Å². The molecule has 19 heavy (non-hydrogen) atoms. The lowest BCUT2D eigenvalue weighted by molar-refractivity contribution is 0.442. The monoisotopic (exact) mass is 361 g/mol. The van der Waals surface area contributed by atoms with E-state index in [0.717, 1.165) is 23.0 Å². The Kier molecular flexibility index (Phi) is 6.39. The number of thioether (sulfide) groups is 2. The van der Waals surface area contributed by atoms with Gasteiger partial charge in [-0.25, -0.2) is 0 Å². The maximum atomic E-state index is 10.0. The Morgan fingerprint density at radius 1 is 1.47 bits per heavy atom. The lowest BCUT2D eigenvalue weighted by Crippen LogP contribution is -2.31. The number of phenols is 1. The van der Waals surface area contributed by atoms with Crippen molar-refractivity contribution in [1.82, 2.24) is 5.32 Å². The molecule has 0 saturated carbocycles. The number of halogens is 1. The molecule has 1 aromatic carbocycles. The third-order valence-corrected chi connectivity index (χ3v) is 6.59. The van der Waals surface area contributed by atoms with Crippen LogP contribution in [0.5, 0.6) is 5.75 Å². The molecule has 1 aliphatic rings. The number of hydrogen-bond donors (Lipinski definition) is 2. The van der Waals surface area contributed by atoms with Crippen LogP contribution in [0, 0.1) is 0 Å². The summed E-state index contributed by atoms with van der Waals surface area (Å²) in [6.07, 6.45) is 0.981. The standard InChI is InChI=1S/C14H20BrNOS2/c1-2-13(12-7-10(15)3-4-14(12)17)16-8-11-9-18-5-6-19-11/h3-4,7,11,13,16-17H,2,5-6,8-9H2,1H3. The first-order valence-electron chi connectivity index (χ1n) is 6.62. The van der Waals surface area contributed by atoms with Crippen LogP contribution in [0.2, 0.25) is 0 Å². The van der Waals surface area contributed by atoms with Crippen molar-refractivity contribution >= 4 is 39.5 Å². The molecule has 2 unspecified atom stereocenters. The van der Waals surface area contributed by atoms with Crippen molar-refractivity contribution in [3.8, 4) is 5.75 Å². The summed E-state index contributed by atoms with van der Waals surface area (Å²) in [5.41, 5.74) is 0.991. The van der Waals surface area contributed by atoms with Crippen LogP contribution in [-0.4, -0.2) is 34.2 Å². The van der Waals surface area contributed by atoms with Crippen LogP contribution in [0.3, 0.4) is 0 Å². The van der Waals surface area contributed by atoms with Crippen LogP contribution in [0.25, 0.3) is 0 Å². The van der Waals surface area contributed by atoms with Gasteiger partial charge in [0.15, 0.2) is 0 Å². The number of nitrogens with one attached hydrogen (secondary N) is 1. The summed E-state index contributed by atoms with van der Waals surface area (Å²) >= 11 is 7.58. The Morgan fingerprint density at radius 3 is 3.00 bits per heavy atom. The Labute approximate surface area is 132 Å². The first-order chi connectivity index (χ1) is 9.20. The van der Waals surface area contributed by atoms with E-state index in [1.807, 2.05) is 23.9 Å². The number of benzene rings is 1. The normalized spacial score (nSPS) is 21.3. The Balaban J connectivity index is 1.97. The van der Waals surface area contributed by atoms with Gasteiger partial charge in [0.2, 0.25) is 0 Å². The van der Waals surface area contributed by atoms with E-state index in [1.54, 1.807) is 6.07 Å². The van der Waals surface area contributed by atoms with E-state index in [2.05, 4.69) is 39.9 Å². The number of rotatable bonds is 5. The highest BCUT2D eigenvalue weighted by Crippen LogP contribution is 2.30. The van der Waals surface area contributed by atoms with Crippen molar-refractivity contribution in [2.24, 2.45) is 0 Å². The largest absolute Gasteiger partial charge is 0.508 e. The van der Waals surface area contributed by atoms with E-state index in [0.29, 0.717) is 11.0 Å². The van der Waals surface area contributed by atoms with Gasteiger partial charge in [-0.15, -0.1) is 0 Å². The second-order valence-corrected chi connectivity index (χ2v) is 8.11. The predicted octanol–water partition coefficient (Wildman–Crippen LogP) is 4.04. The van der Waals surface area contributed by atoms with E-state index in [-0.39, 0.29) is 6.04 Å². The summed E-state index contributed by atoms with van der Waals surface area (Å²) in [6.45, 7) is 3.17. The molecule has 0 spiro atoms. The van der Waals surface area contributed by atoms with Crippen LogP contribution in [0.15, 0.2) is 22.7 Å². The maximum Gasteiger partial charge on any atom is 0.120 e. The van der Waals surface area contributed by atoms with Crippen molar-refractivity contribution in [3.05, 3.63) is 28.2 Å². The molecule has 0 aliphatic carbocycles. The number of aromatic hydroxyl groups is 1. The maximum absolute atomic E-state index is 10.0. The molecule has 2 N–H and O–H groups in total. The lowest BCUT2D eigenvalue weighted by Gasteiger charge is -2.25. The predicted molar refractivity (Wildman–Crippen MR) is 90.4 cm³/mol. The molecule has 1 aliphatic heterocycles. The molecular weight excluding hydrogens is 342 g/mol. The molecule has 1 saturated heterocycles. The van der Waals surface area contributed by atoms with Crippen LogP contribution < -0.4 is 5.32 Å². The Bertz CT molecular complexity index is 410. The van der Waals surface area contributed by atoms with Gasteiger partial charge in [0.05, 0.1) is 0 Å². The zero-order valence-electron chi connectivity index (χ0n) is 11.1. The third kappa shape index (κ3) is 4.59. The van der Waals surface area contributed by atoms with E-state index in [9.17, 15) is 5.11 Å². The molecule has 2 rings (SSSR count). The minimum Gasteiger partial charge on any atom is -0.508 e. The SMILES string of the molecule is CCC(NCC1CSCCS1)c1cc(Br)ccc1O. The second kappa shape index (κ2) is 7.81. The van der Waals surface area contributed by atoms with Crippen LogP contribution in [-0.2, 0) is 0 Å². The number of phenolic OH excluding ortho intramolecular Hbond substituents is 1. The highest BCUT2D eigenvalue weighted by atomic mass is 79.9. The van der Waals surface area contributed by atoms with Gasteiger partial charge in [0.1, 0.15) is 5.75 Å². The van der Waals surface area contributed by atoms with Gasteiger partial charge in [-0.3, -0.25) is 0 Å². The van der Waals surface area contributed by atoms with Gasteiger partial charge in [-0.1, -0.05) is 22.9 Å². The van der Waals surface area contributed by atoms with Crippen molar-refractivity contribution in [2.75, 3.05) is 23.8 Å². The fourth-order valence-corrected chi connectivity index (χ4v) is 5.21. The quantitative estimate of drug-likeness (QED) is 0.828. The highest BCUT2D eigenvalue weighted by molar-refractivity contribution is 9.10. The smallest absolute Gasteiger partial charge is 0.120 e. The molecule has 1 heterocycles. The van der Waals surface area contributed by atoms with Crippen molar-refractivity contribution < 1.29 is 5.11 Å². The van der Waals surface area contributed by atoms with E-state index in [4.69, 9.17) is 0 Å². The summed E-state index contributed by atoms with van der Waals surface area (Å²) < 4.78 is 1.02. The molecule has 1 fully saturated rings. The van der Waals surface area contributed by atoms with Crippen LogP contribution in [0.4, 0.5) is 0 Å². The summed E-state index contributed by atoms with van der Waals surface area (Å²) in [5, 5.41) is 14.3. The van der Waals surface area contributed by atoms with Crippen molar-refractivity contribution in [2.45, 2.75) is 24.6 Å². The molecule has 5 heteroatoms. The summed E-state index contributed by atoms with van der Waals surface area (Å²) in [7, 11) is 0. The summed E-state index contributed by atoms with van der Waals surface area (Å²) in [4.78, 5) is 0. The zero-order chi connectivity index (χ0) is 13.7. The Hall–Kier alpha value is 0.160. The van der Waals surface area contributed by atoms with Crippen molar-refractivity contribution in [1.29, 1.82) is 0 Å². The average molecular weight is 362 g/mol. The molecule has 0 amide bonds. The second-order valence-electron chi connectivity index (χ2n) is 4.64. The lowest BCUT2D eigenvalue weighted by atomic mass is 10.0. The molecule has 0 radical (unpaired) electrons. The zero-order valence-corrected chi connectivity index (χ0v) is 14.3. The van der Waals surface area contributed by atoms with Gasteiger partial charge in [0.25, 0.3) is 0 Å². The van der Waals surface area contributed by atoms with E-state index < -0.39 is 0 Å². The minimum absolute atomic E-state index is 0.227. The van der Waals surface area contributed by atoms with E-state index >= 15 is 0 Å². The van der Waals surface area contributed by atoms with Crippen LogP contribution >= 0.6 is 39.5 Å². The molecule has 2 atom stereocenters. The molecular formula is C14H20BrNOS2. The molecule has 1 aromatic rings. The fourth-order valence-electron chi connectivity index (χ4n) is 2.21. The molecule has 106 valence electrons. The van der Waals surface area contributed by atoms with Gasteiger partial charge >= 0.3 is 0 Å². The van der Waals surface area contributed by atoms with Crippen molar-refractivity contribution in [3.63, 3.8) is 0 Å². The molecule has 2 nitrogen and oxygen atoms in total. The molecule has 0 bridgehead atoms. The third-order valence-electron chi connectivity index (χ3n) is 3.25. The first-order valence-corrected chi connectivity index (χ1v) is 9.61. The topological polar surface area (TPSA) is 32.3 Å². The highest BCUT2D eigenvalue weighted by Gasteiger charge is 2.18. The van der Waals surface area contributed by atoms with Crippen LogP contribution in [0.1, 0.15) is 24.9 Å². The van der Waals surface area contributed by atoms with Gasteiger partial charge in [0, 0.05) is 45.1 Å².